The molecule has 275 valence electrons. The number of unbranched alkanes of at least 4 members (excludes halogenated alkanes) is 6. The minimum atomic E-state index is -4.79. The van der Waals surface area contributed by atoms with Crippen molar-refractivity contribution in [3.63, 3.8) is 0 Å². The third-order valence-electron chi connectivity index (χ3n) is 12.5. The summed E-state index contributed by atoms with van der Waals surface area (Å²) in [4.78, 5) is 0. The number of aryl methyl sites for hydroxylation is 2. The van der Waals surface area contributed by atoms with E-state index in [1.54, 1.807) is 0 Å². The van der Waals surface area contributed by atoms with Gasteiger partial charge in [-0.2, -0.15) is 0 Å². The topological polar surface area (TPSA) is 0 Å². The van der Waals surface area contributed by atoms with Crippen molar-refractivity contribution in [3.05, 3.63) is 129 Å². The van der Waals surface area contributed by atoms with Crippen LogP contribution in [0.25, 0.3) is 34.4 Å². The van der Waals surface area contributed by atoms with Crippen molar-refractivity contribution in [1.29, 1.82) is 0 Å². The van der Waals surface area contributed by atoms with E-state index in [2.05, 4.69) is 138 Å². The summed E-state index contributed by atoms with van der Waals surface area (Å²) in [5.74, 6) is -1.61. The molecular weight excluding hydrogens is 767 g/mol. The van der Waals surface area contributed by atoms with Gasteiger partial charge in [-0.15, -0.1) is 0 Å². The molecule has 2 aliphatic rings. The Kier molecular flexibility index (Phi) is 13.2. The molecule has 0 fully saturated rings. The van der Waals surface area contributed by atoms with Crippen LogP contribution in [-0.2, 0) is 28.4 Å². The maximum absolute atomic E-state index is 8.68. The summed E-state index contributed by atoms with van der Waals surface area (Å²) in [5, 5.41) is 0. The van der Waals surface area contributed by atoms with E-state index in [1.165, 1.54) is 118 Å². The summed E-state index contributed by atoms with van der Waals surface area (Å²) in [6.07, 6.45) is 19.6. The number of hydrogen-bond acceptors (Lipinski definition) is 0. The first-order valence-corrected chi connectivity index (χ1v) is 36.9. The van der Waals surface area contributed by atoms with Crippen LogP contribution >= 0.6 is 17.0 Å². The normalized spacial score (nSPS) is 17.4. The molecule has 0 N–H and O–H groups in total. The van der Waals surface area contributed by atoms with E-state index in [9.17, 15) is 0 Å². The van der Waals surface area contributed by atoms with Gasteiger partial charge in [-0.1, -0.05) is 26.7 Å². The van der Waals surface area contributed by atoms with E-state index in [0.717, 1.165) is 25.7 Å². The zero-order valence-corrected chi connectivity index (χ0v) is 37.8. The Morgan fingerprint density at radius 1 is 0.519 bits per heavy atom. The molecule has 6 rings (SSSR count). The summed E-state index contributed by atoms with van der Waals surface area (Å²) >= 11 is -4.79. The molecular formula is C48H61Cl2SiZr. The fourth-order valence-corrected chi connectivity index (χ4v) is 41.2. The second kappa shape index (κ2) is 17.2. The summed E-state index contributed by atoms with van der Waals surface area (Å²) in [6, 6.07) is 32.6. The Bertz CT molecular complexity index is 1770. The molecule has 0 aromatic heterocycles. The SMILES string of the molecule is CCCCCCc1ccc(-c2cccc3c2C=C(CC)[CH]3[Zr]([Cl])([Cl])([CH]2C(CC)=Cc3c(-c4ccc(CCCCCC)cc4)cccc32)[SiH](C)C)cc1. The Balaban J connectivity index is 1.39. The number of hydrogen-bond donors (Lipinski definition) is 0. The van der Waals surface area contributed by atoms with Crippen molar-refractivity contribution >= 4 is 35.1 Å². The summed E-state index contributed by atoms with van der Waals surface area (Å²) in [7, 11) is 17.4. The number of halogens is 2. The molecule has 2 atom stereocenters. The first kappa shape index (κ1) is 39.7. The summed E-state index contributed by atoms with van der Waals surface area (Å²) in [6.45, 7) is 14.1. The molecule has 0 nitrogen and oxygen atoms in total. The Morgan fingerprint density at radius 3 is 1.27 bits per heavy atom. The average molecular weight is 828 g/mol. The van der Waals surface area contributed by atoms with E-state index in [0.29, 0.717) is 0 Å². The predicted molar refractivity (Wildman–Crippen MR) is 232 cm³/mol. The molecule has 4 aromatic rings. The van der Waals surface area contributed by atoms with E-state index in [1.807, 2.05) is 0 Å². The molecule has 2 unspecified atom stereocenters. The number of allylic oxidation sites excluding steroid dienone is 2. The van der Waals surface area contributed by atoms with Crippen molar-refractivity contribution in [3.8, 4) is 22.3 Å². The first-order valence-electron chi connectivity index (χ1n) is 20.6. The maximum atomic E-state index is 8.68. The van der Waals surface area contributed by atoms with Crippen LogP contribution in [0.2, 0.25) is 13.1 Å². The number of rotatable bonds is 17. The van der Waals surface area contributed by atoms with Crippen LogP contribution in [0.1, 0.15) is 133 Å². The van der Waals surface area contributed by atoms with Gasteiger partial charge in [0.2, 0.25) is 0 Å². The van der Waals surface area contributed by atoms with Gasteiger partial charge in [-0.25, -0.2) is 0 Å². The fraction of sp³-hybridized carbons (Fsp3) is 0.417. The molecule has 0 bridgehead atoms. The van der Waals surface area contributed by atoms with Crippen LogP contribution in [0.3, 0.4) is 0 Å². The first-order chi connectivity index (χ1) is 25.2. The molecule has 0 radical (unpaired) electrons. The van der Waals surface area contributed by atoms with E-state index in [-0.39, 0.29) is 7.25 Å². The number of benzene rings is 4. The van der Waals surface area contributed by atoms with Gasteiger partial charge in [0, 0.05) is 0 Å². The van der Waals surface area contributed by atoms with E-state index < -0.39 is 21.5 Å². The monoisotopic (exact) mass is 825 g/mol. The van der Waals surface area contributed by atoms with Gasteiger partial charge in [0.1, 0.15) is 0 Å². The standard InChI is InChI=1S/2C23H27.C2H7Si.2ClH.Zr/c2*1-3-5-6-7-9-19-12-14-20(15-13-19)22-11-8-10-21-16-18(4-2)17-23(21)22;1-3-2;;;/h2*8,10-17H,3-7,9H2,1-2H3;3H,1-2H3;2*1H;/q;;;;;+2/p-2. The van der Waals surface area contributed by atoms with Gasteiger partial charge in [0.25, 0.3) is 0 Å². The van der Waals surface area contributed by atoms with Gasteiger partial charge in [0.15, 0.2) is 0 Å². The van der Waals surface area contributed by atoms with Crippen LogP contribution < -0.4 is 0 Å². The van der Waals surface area contributed by atoms with Gasteiger partial charge >= 0.3 is 301 Å². The molecule has 52 heavy (non-hydrogen) atoms. The van der Waals surface area contributed by atoms with Gasteiger partial charge in [-0.3, -0.25) is 0 Å². The second-order valence-electron chi connectivity index (χ2n) is 16.0. The zero-order valence-electron chi connectivity index (χ0n) is 32.7. The molecule has 0 spiro atoms. The molecule has 0 amide bonds. The van der Waals surface area contributed by atoms with Crippen molar-refractivity contribution < 1.29 is 15.6 Å². The third kappa shape index (κ3) is 7.63. The molecule has 4 aromatic carbocycles. The number of fused-ring (bicyclic) bond motifs is 2. The van der Waals surface area contributed by atoms with Crippen LogP contribution in [-0.4, -0.2) is 5.92 Å². The summed E-state index contributed by atoms with van der Waals surface area (Å²) in [5.41, 5.74) is 16.4. The zero-order chi connectivity index (χ0) is 36.9. The molecule has 0 aliphatic heterocycles. The van der Waals surface area contributed by atoms with Crippen LogP contribution in [0.5, 0.6) is 0 Å². The fourth-order valence-electron chi connectivity index (χ4n) is 9.39. The van der Waals surface area contributed by atoms with E-state index >= 15 is 0 Å². The third-order valence-corrected chi connectivity index (χ3v) is 64.3. The van der Waals surface area contributed by atoms with Crippen molar-refractivity contribution in [2.24, 2.45) is 0 Å². The Labute approximate surface area is 324 Å². The molecule has 0 heterocycles. The molecule has 4 heteroatoms. The van der Waals surface area contributed by atoms with Crippen molar-refractivity contribution in [1.82, 2.24) is 0 Å². The minimum absolute atomic E-state index is 0.121. The van der Waals surface area contributed by atoms with Crippen LogP contribution in [0.4, 0.5) is 0 Å². The van der Waals surface area contributed by atoms with Crippen molar-refractivity contribution in [2.45, 2.75) is 125 Å². The Hall–Kier alpha value is -1.96. The van der Waals surface area contributed by atoms with Gasteiger partial charge in [-0.05, 0) is 0 Å². The van der Waals surface area contributed by atoms with Crippen LogP contribution in [0, 0.1) is 0 Å². The quantitative estimate of drug-likeness (QED) is 0.0735. The molecule has 2 aliphatic carbocycles. The van der Waals surface area contributed by atoms with Gasteiger partial charge < -0.3 is 0 Å². The molecule has 0 saturated heterocycles. The Morgan fingerprint density at radius 2 is 0.923 bits per heavy atom. The second-order valence-corrected chi connectivity index (χ2v) is 58.5. The predicted octanol–water partition coefficient (Wildman–Crippen LogP) is 15.6. The summed E-state index contributed by atoms with van der Waals surface area (Å²) < 4.78 is 0.242. The van der Waals surface area contributed by atoms with E-state index in [4.69, 9.17) is 17.0 Å². The average Bonchev–Trinajstić information content (AvgIpc) is 3.76. The van der Waals surface area contributed by atoms with Crippen molar-refractivity contribution in [2.75, 3.05) is 0 Å². The molecule has 0 saturated carbocycles. The van der Waals surface area contributed by atoms with Crippen LogP contribution in [0.15, 0.2) is 96.1 Å². The van der Waals surface area contributed by atoms with Gasteiger partial charge in [0.05, 0.1) is 0 Å².